The number of carbonyl (C=O) groups excluding carboxylic acids is 2. The van der Waals surface area contributed by atoms with Gasteiger partial charge in [0, 0.05) is 18.9 Å². The number of hydrogen-bond donors (Lipinski definition) is 1. The van der Waals surface area contributed by atoms with Crippen molar-refractivity contribution in [2.75, 3.05) is 0 Å². The van der Waals surface area contributed by atoms with Gasteiger partial charge >= 0.3 is 0 Å². The summed E-state index contributed by atoms with van der Waals surface area (Å²) in [5.41, 5.74) is 0.858. The maximum Gasteiger partial charge on any atom is 0.241 e. The average Bonchev–Trinajstić information content (AvgIpc) is 2.72. The molecule has 100 valence electrons. The Balaban J connectivity index is 2.26. The Labute approximate surface area is 120 Å². The van der Waals surface area contributed by atoms with E-state index in [9.17, 15) is 9.59 Å². The second kappa shape index (κ2) is 5.63. The average molecular weight is 298 g/mol. The molecule has 2 amide bonds. The molecule has 0 aliphatic carbocycles. The van der Waals surface area contributed by atoms with E-state index < -0.39 is 0 Å². The Kier molecular flexibility index (Phi) is 4.11. The normalized spacial score (nSPS) is 18.2. The van der Waals surface area contributed by atoms with Crippen molar-refractivity contribution in [1.29, 1.82) is 0 Å². The highest BCUT2D eigenvalue weighted by Gasteiger charge is 2.32. The van der Waals surface area contributed by atoms with Gasteiger partial charge in [0.25, 0.3) is 0 Å². The van der Waals surface area contributed by atoms with Crippen LogP contribution in [0.4, 0.5) is 0 Å². The number of rotatable bonds is 1. The van der Waals surface area contributed by atoms with Crippen LogP contribution in [-0.4, -0.2) is 22.0 Å². The Morgan fingerprint density at radius 1 is 1.42 bits per heavy atom. The van der Waals surface area contributed by atoms with Gasteiger partial charge in [0.2, 0.25) is 11.8 Å². The van der Waals surface area contributed by atoms with E-state index in [1.165, 1.54) is 30.6 Å². The lowest BCUT2D eigenvalue weighted by Gasteiger charge is -2.19. The van der Waals surface area contributed by atoms with E-state index in [2.05, 4.69) is 10.4 Å². The van der Waals surface area contributed by atoms with E-state index in [-0.39, 0.29) is 17.2 Å². The molecule has 7 heteroatoms. The van der Waals surface area contributed by atoms with Gasteiger partial charge in [-0.05, 0) is 17.7 Å². The summed E-state index contributed by atoms with van der Waals surface area (Å²) in [6.45, 7) is 2.83. The first kappa shape index (κ1) is 13.9. The molecule has 0 saturated heterocycles. The minimum atomic E-state index is -0.307. The van der Waals surface area contributed by atoms with Gasteiger partial charge < -0.3 is 5.32 Å². The molecule has 0 radical (unpaired) electrons. The Hall–Kier alpha value is -1.53. The van der Waals surface area contributed by atoms with Crippen LogP contribution in [0.3, 0.4) is 0 Å². The standard InChI is InChI=1S/C12H12ClN3O2S/c1-7(17)14-12-15-16(8(2)18)11(19-12)9-4-3-5-10(13)6-9/h3-6,11H,1-2H3,(H,14,15,17)/t11-/m1/s1. The molecule has 1 aliphatic heterocycles. The van der Waals surface area contributed by atoms with Crippen LogP contribution >= 0.6 is 23.4 Å². The van der Waals surface area contributed by atoms with Gasteiger partial charge in [0.15, 0.2) is 5.17 Å². The number of nitrogens with one attached hydrogen (secondary N) is 1. The summed E-state index contributed by atoms with van der Waals surface area (Å²) in [6.07, 6.45) is 0. The molecule has 0 spiro atoms. The van der Waals surface area contributed by atoms with Gasteiger partial charge in [-0.2, -0.15) is 0 Å². The topological polar surface area (TPSA) is 61.8 Å². The number of carbonyl (C=O) groups is 2. The lowest BCUT2D eigenvalue weighted by atomic mass is 10.2. The number of hydrogen-bond acceptors (Lipinski definition) is 4. The molecule has 1 atom stereocenters. The second-order valence-corrected chi connectivity index (χ2v) is 5.48. The van der Waals surface area contributed by atoms with Gasteiger partial charge in [-0.1, -0.05) is 35.5 Å². The van der Waals surface area contributed by atoms with E-state index >= 15 is 0 Å². The Morgan fingerprint density at radius 2 is 2.16 bits per heavy atom. The first-order valence-corrected chi connectivity index (χ1v) is 6.81. The summed E-state index contributed by atoms with van der Waals surface area (Å²) in [6, 6.07) is 7.22. The molecule has 0 aromatic heterocycles. The van der Waals surface area contributed by atoms with Crippen molar-refractivity contribution in [3.63, 3.8) is 0 Å². The predicted molar refractivity (Wildman–Crippen MR) is 75.6 cm³/mol. The minimum absolute atomic E-state index is 0.196. The van der Waals surface area contributed by atoms with Crippen LogP contribution in [0.5, 0.6) is 0 Å². The summed E-state index contributed by atoms with van der Waals surface area (Å²) >= 11 is 7.25. The lowest BCUT2D eigenvalue weighted by molar-refractivity contribution is -0.129. The third kappa shape index (κ3) is 3.27. The number of thioether (sulfide) groups is 1. The van der Waals surface area contributed by atoms with E-state index in [4.69, 9.17) is 11.6 Å². The zero-order valence-electron chi connectivity index (χ0n) is 10.4. The van der Waals surface area contributed by atoms with Crippen molar-refractivity contribution in [2.45, 2.75) is 19.2 Å². The van der Waals surface area contributed by atoms with Gasteiger partial charge in [-0.25, -0.2) is 5.01 Å². The van der Waals surface area contributed by atoms with E-state index in [0.717, 1.165) is 5.56 Å². The van der Waals surface area contributed by atoms with Crippen LogP contribution in [-0.2, 0) is 9.59 Å². The quantitative estimate of drug-likeness (QED) is 0.865. The van der Waals surface area contributed by atoms with Crippen LogP contribution in [0.1, 0.15) is 24.8 Å². The third-order valence-corrected chi connectivity index (χ3v) is 3.72. The molecule has 2 rings (SSSR count). The summed E-state index contributed by atoms with van der Waals surface area (Å²) in [5.74, 6) is -0.417. The first-order valence-electron chi connectivity index (χ1n) is 5.55. The zero-order chi connectivity index (χ0) is 14.0. The molecule has 19 heavy (non-hydrogen) atoms. The van der Waals surface area contributed by atoms with Crippen molar-refractivity contribution in [1.82, 2.24) is 10.3 Å². The number of hydrazone groups is 1. The van der Waals surface area contributed by atoms with Gasteiger partial charge in [-0.3, -0.25) is 9.59 Å². The molecule has 1 heterocycles. The Morgan fingerprint density at radius 3 is 2.74 bits per heavy atom. The number of benzene rings is 1. The fraction of sp³-hybridized carbons (Fsp3) is 0.250. The second-order valence-electron chi connectivity index (χ2n) is 3.98. The fourth-order valence-corrected chi connectivity index (χ4v) is 2.97. The monoisotopic (exact) mass is 297 g/mol. The number of halogens is 1. The molecule has 0 fully saturated rings. The summed E-state index contributed by atoms with van der Waals surface area (Å²) in [5, 5.41) is 8.72. The van der Waals surface area contributed by atoms with E-state index in [1.807, 2.05) is 12.1 Å². The van der Waals surface area contributed by atoms with E-state index in [1.54, 1.807) is 12.1 Å². The van der Waals surface area contributed by atoms with E-state index in [0.29, 0.717) is 10.2 Å². The maximum absolute atomic E-state index is 11.6. The van der Waals surface area contributed by atoms with Crippen LogP contribution < -0.4 is 5.32 Å². The van der Waals surface area contributed by atoms with Crippen LogP contribution in [0.15, 0.2) is 29.4 Å². The Bertz CT molecular complexity index is 562. The SMILES string of the molecule is CC(=O)NC1=NN(C(C)=O)[C@@H](c2cccc(Cl)c2)S1. The zero-order valence-corrected chi connectivity index (χ0v) is 12.0. The summed E-state index contributed by atoms with van der Waals surface area (Å²) < 4.78 is 0. The summed E-state index contributed by atoms with van der Waals surface area (Å²) in [7, 11) is 0. The number of nitrogens with zero attached hydrogens (tertiary/aromatic N) is 2. The fourth-order valence-electron chi connectivity index (χ4n) is 1.64. The van der Waals surface area contributed by atoms with Crippen molar-refractivity contribution in [3.05, 3.63) is 34.9 Å². The third-order valence-electron chi connectivity index (χ3n) is 2.38. The molecular formula is C12H12ClN3O2S. The predicted octanol–water partition coefficient (Wildman–Crippen LogP) is 2.34. The van der Waals surface area contributed by atoms with Gasteiger partial charge in [-0.15, -0.1) is 5.10 Å². The van der Waals surface area contributed by atoms with Crippen LogP contribution in [0.2, 0.25) is 5.02 Å². The van der Waals surface area contributed by atoms with Gasteiger partial charge in [0.05, 0.1) is 0 Å². The summed E-state index contributed by atoms with van der Waals surface area (Å²) in [4.78, 5) is 22.6. The van der Waals surface area contributed by atoms with Crippen molar-refractivity contribution in [2.24, 2.45) is 5.10 Å². The smallest absolute Gasteiger partial charge is 0.241 e. The molecule has 0 saturated carbocycles. The molecule has 0 unspecified atom stereocenters. The van der Waals surface area contributed by atoms with Gasteiger partial charge in [0.1, 0.15) is 5.37 Å². The van der Waals surface area contributed by atoms with Crippen LogP contribution in [0, 0.1) is 0 Å². The molecule has 1 aromatic carbocycles. The number of amides is 2. The largest absolute Gasteiger partial charge is 0.304 e. The molecule has 1 aliphatic rings. The molecule has 0 bridgehead atoms. The van der Waals surface area contributed by atoms with Crippen molar-refractivity contribution < 1.29 is 9.59 Å². The highest BCUT2D eigenvalue weighted by atomic mass is 35.5. The van der Waals surface area contributed by atoms with Crippen molar-refractivity contribution >= 4 is 40.3 Å². The first-order chi connectivity index (χ1) is 8.97. The molecular weight excluding hydrogens is 286 g/mol. The highest BCUT2D eigenvalue weighted by molar-refractivity contribution is 8.14. The van der Waals surface area contributed by atoms with Crippen LogP contribution in [0.25, 0.3) is 0 Å². The number of amidine groups is 1. The lowest BCUT2D eigenvalue weighted by Crippen LogP contribution is -2.25. The maximum atomic E-state index is 11.6. The molecule has 5 nitrogen and oxygen atoms in total. The molecule has 1 aromatic rings. The van der Waals surface area contributed by atoms with Crippen molar-refractivity contribution in [3.8, 4) is 0 Å². The molecule has 1 N–H and O–H groups in total. The highest BCUT2D eigenvalue weighted by Crippen LogP contribution is 2.39. The minimum Gasteiger partial charge on any atom is -0.304 e.